The minimum absolute atomic E-state index is 0.00965. The molecule has 98 valence electrons. The van der Waals surface area contributed by atoms with Gasteiger partial charge in [0.15, 0.2) is 0 Å². The van der Waals surface area contributed by atoms with Crippen molar-refractivity contribution >= 4 is 11.8 Å². The van der Waals surface area contributed by atoms with Gasteiger partial charge in [0, 0.05) is 6.42 Å². The minimum Gasteiger partial charge on any atom is -0.480 e. The highest BCUT2D eigenvalue weighted by Gasteiger charge is 2.27. The minimum atomic E-state index is -1.41. The smallest absolute Gasteiger partial charge is 0.323 e. The first-order valence-electron chi connectivity index (χ1n) is 5.29. The van der Waals surface area contributed by atoms with Crippen molar-refractivity contribution in [1.29, 1.82) is 0 Å². The SMILES string of the molecule is CC(N)=NCC(C)=C(F)CCC(C)(N)C(=O)O. The lowest BCUT2D eigenvalue weighted by molar-refractivity contribution is -0.142. The number of allylic oxidation sites excluding steroid dienone is 1. The van der Waals surface area contributed by atoms with Crippen LogP contribution in [0.2, 0.25) is 0 Å². The van der Waals surface area contributed by atoms with Gasteiger partial charge in [0.2, 0.25) is 0 Å². The number of rotatable bonds is 6. The summed E-state index contributed by atoms with van der Waals surface area (Å²) in [5.41, 5.74) is 9.85. The molecule has 5 nitrogen and oxygen atoms in total. The molecule has 1 unspecified atom stereocenters. The molecular formula is C11H20FN3O2. The highest BCUT2D eigenvalue weighted by atomic mass is 19.1. The van der Waals surface area contributed by atoms with Crippen LogP contribution >= 0.6 is 0 Å². The molecule has 0 bridgehead atoms. The summed E-state index contributed by atoms with van der Waals surface area (Å²) in [5.74, 6) is -1.14. The zero-order valence-corrected chi connectivity index (χ0v) is 10.5. The average Bonchev–Trinajstić information content (AvgIpc) is 2.22. The maximum absolute atomic E-state index is 13.6. The highest BCUT2D eigenvalue weighted by molar-refractivity contribution is 5.78. The van der Waals surface area contributed by atoms with E-state index in [1.165, 1.54) is 6.92 Å². The monoisotopic (exact) mass is 245 g/mol. The molecule has 0 aromatic rings. The zero-order valence-electron chi connectivity index (χ0n) is 10.5. The van der Waals surface area contributed by atoms with Crippen molar-refractivity contribution in [2.45, 2.75) is 39.2 Å². The largest absolute Gasteiger partial charge is 0.480 e. The molecule has 0 aliphatic carbocycles. The van der Waals surface area contributed by atoms with E-state index in [1.807, 2.05) is 0 Å². The maximum Gasteiger partial charge on any atom is 0.323 e. The third-order valence-electron chi connectivity index (χ3n) is 2.38. The molecule has 0 spiro atoms. The molecule has 17 heavy (non-hydrogen) atoms. The van der Waals surface area contributed by atoms with E-state index in [4.69, 9.17) is 16.6 Å². The lowest BCUT2D eigenvalue weighted by Crippen LogP contribution is -2.44. The van der Waals surface area contributed by atoms with Gasteiger partial charge in [-0.2, -0.15) is 0 Å². The molecule has 5 N–H and O–H groups in total. The van der Waals surface area contributed by atoms with E-state index in [9.17, 15) is 9.18 Å². The number of aliphatic carboxylic acids is 1. The van der Waals surface area contributed by atoms with Crippen LogP contribution < -0.4 is 11.5 Å². The molecule has 6 heteroatoms. The molecule has 0 aliphatic heterocycles. The molecule has 0 heterocycles. The van der Waals surface area contributed by atoms with Gasteiger partial charge in [-0.25, -0.2) is 4.39 Å². The molecule has 0 aromatic carbocycles. The predicted molar refractivity (Wildman–Crippen MR) is 65.4 cm³/mol. The quantitative estimate of drug-likeness (QED) is 0.483. The highest BCUT2D eigenvalue weighted by Crippen LogP contribution is 2.18. The lowest BCUT2D eigenvalue weighted by Gasteiger charge is -2.18. The molecule has 0 aliphatic rings. The Bertz CT molecular complexity index is 345. The number of aliphatic imine (C=N–C) groups is 1. The van der Waals surface area contributed by atoms with E-state index in [0.717, 1.165) is 0 Å². The van der Waals surface area contributed by atoms with Crippen molar-refractivity contribution in [3.8, 4) is 0 Å². The molecule has 0 saturated carbocycles. The van der Waals surface area contributed by atoms with Crippen molar-refractivity contribution in [2.75, 3.05) is 6.54 Å². The van der Waals surface area contributed by atoms with Gasteiger partial charge in [0.05, 0.1) is 12.4 Å². The summed E-state index contributed by atoms with van der Waals surface area (Å²) in [6.07, 6.45) is 0.0289. The van der Waals surface area contributed by atoms with E-state index in [0.29, 0.717) is 11.4 Å². The van der Waals surface area contributed by atoms with Gasteiger partial charge < -0.3 is 16.6 Å². The van der Waals surface area contributed by atoms with Crippen molar-refractivity contribution in [3.63, 3.8) is 0 Å². The van der Waals surface area contributed by atoms with E-state index in [-0.39, 0.29) is 25.2 Å². The Morgan fingerprint density at radius 2 is 2.00 bits per heavy atom. The first kappa shape index (κ1) is 15.6. The molecule has 0 radical (unpaired) electrons. The number of carboxylic acid groups (broad SMARTS) is 1. The van der Waals surface area contributed by atoms with Gasteiger partial charge >= 0.3 is 5.97 Å². The number of nitrogens with zero attached hydrogens (tertiary/aromatic N) is 1. The van der Waals surface area contributed by atoms with Crippen LogP contribution in [0.5, 0.6) is 0 Å². The molecule has 0 fully saturated rings. The Labute approximate surface area is 100 Å². The summed E-state index contributed by atoms with van der Waals surface area (Å²) in [6, 6.07) is 0. The standard InChI is InChI=1S/C11H20FN3O2/c1-7(6-15-8(2)13)9(12)4-5-11(3,14)10(16)17/h4-6,14H2,1-3H3,(H2,13,15)(H,16,17). The Hall–Kier alpha value is -1.43. The van der Waals surface area contributed by atoms with Crippen LogP contribution in [0.15, 0.2) is 16.4 Å². The molecule has 0 saturated heterocycles. The van der Waals surface area contributed by atoms with Crippen LogP contribution in [-0.4, -0.2) is 29.0 Å². The van der Waals surface area contributed by atoms with Gasteiger partial charge in [-0.3, -0.25) is 9.79 Å². The molecular weight excluding hydrogens is 225 g/mol. The fourth-order valence-corrected chi connectivity index (χ4v) is 1.02. The van der Waals surface area contributed by atoms with Crippen LogP contribution in [0.25, 0.3) is 0 Å². The normalized spacial score (nSPS) is 17.4. The average molecular weight is 245 g/mol. The number of nitrogens with two attached hydrogens (primary N) is 2. The predicted octanol–water partition coefficient (Wildman–Crippen LogP) is 1.19. The lowest BCUT2D eigenvalue weighted by atomic mass is 9.96. The Morgan fingerprint density at radius 3 is 2.41 bits per heavy atom. The second kappa shape index (κ2) is 6.34. The third-order valence-corrected chi connectivity index (χ3v) is 2.38. The zero-order chi connectivity index (χ0) is 13.6. The Balaban J connectivity index is 4.43. The number of hydrogen-bond acceptors (Lipinski definition) is 3. The van der Waals surface area contributed by atoms with Gasteiger partial charge in [-0.1, -0.05) is 0 Å². The second-order valence-corrected chi connectivity index (χ2v) is 4.37. The van der Waals surface area contributed by atoms with Crippen molar-refractivity contribution in [1.82, 2.24) is 0 Å². The topological polar surface area (TPSA) is 102 Å². The summed E-state index contributed by atoms with van der Waals surface area (Å²) in [4.78, 5) is 14.6. The van der Waals surface area contributed by atoms with Crippen LogP contribution in [-0.2, 0) is 4.79 Å². The summed E-state index contributed by atoms with van der Waals surface area (Å²) in [6.45, 7) is 4.76. The van der Waals surface area contributed by atoms with Crippen LogP contribution in [0, 0.1) is 0 Å². The summed E-state index contributed by atoms with van der Waals surface area (Å²) < 4.78 is 13.6. The number of amidine groups is 1. The van der Waals surface area contributed by atoms with Crippen LogP contribution in [0.3, 0.4) is 0 Å². The summed E-state index contributed by atoms with van der Waals surface area (Å²) in [5, 5.41) is 8.77. The van der Waals surface area contributed by atoms with Crippen LogP contribution in [0.4, 0.5) is 4.39 Å². The van der Waals surface area contributed by atoms with Gasteiger partial charge in [-0.15, -0.1) is 0 Å². The van der Waals surface area contributed by atoms with Gasteiger partial charge in [0.25, 0.3) is 0 Å². The van der Waals surface area contributed by atoms with Gasteiger partial charge in [-0.05, 0) is 32.8 Å². The molecule has 1 atom stereocenters. The fraction of sp³-hybridized carbons (Fsp3) is 0.636. The number of carbonyl (C=O) groups is 1. The van der Waals surface area contributed by atoms with E-state index >= 15 is 0 Å². The molecule has 0 aromatic heterocycles. The maximum atomic E-state index is 13.6. The van der Waals surface area contributed by atoms with Crippen molar-refractivity contribution in [2.24, 2.45) is 16.5 Å². The van der Waals surface area contributed by atoms with Crippen molar-refractivity contribution in [3.05, 3.63) is 11.4 Å². The van der Waals surface area contributed by atoms with Crippen molar-refractivity contribution < 1.29 is 14.3 Å². The summed E-state index contributed by atoms with van der Waals surface area (Å²) >= 11 is 0. The molecule has 0 amide bonds. The van der Waals surface area contributed by atoms with Crippen LogP contribution in [0.1, 0.15) is 33.6 Å². The first-order chi connectivity index (χ1) is 7.66. The van der Waals surface area contributed by atoms with Gasteiger partial charge in [0.1, 0.15) is 11.4 Å². The van der Waals surface area contributed by atoms with E-state index < -0.39 is 11.5 Å². The number of carboxylic acids is 1. The number of hydrogen-bond donors (Lipinski definition) is 3. The van der Waals surface area contributed by atoms with E-state index in [1.54, 1.807) is 13.8 Å². The first-order valence-corrected chi connectivity index (χ1v) is 5.29. The number of halogens is 1. The Morgan fingerprint density at radius 1 is 1.47 bits per heavy atom. The Kier molecular flexibility index (Phi) is 5.81. The third kappa shape index (κ3) is 6.01. The summed E-state index contributed by atoms with van der Waals surface area (Å²) in [7, 11) is 0. The fourth-order valence-electron chi connectivity index (χ4n) is 1.02. The second-order valence-electron chi connectivity index (χ2n) is 4.37. The van der Waals surface area contributed by atoms with E-state index in [2.05, 4.69) is 4.99 Å². The molecule has 0 rings (SSSR count).